The molecule has 0 radical (unpaired) electrons. The molecule has 1 aromatic heterocycles. The second-order valence-electron chi connectivity index (χ2n) is 9.44. The fourth-order valence-electron chi connectivity index (χ4n) is 3.60. The highest BCUT2D eigenvalue weighted by molar-refractivity contribution is 7.13. The van der Waals surface area contributed by atoms with Gasteiger partial charge in [0.15, 0.2) is 5.13 Å². The molecule has 36 heavy (non-hydrogen) atoms. The molecule has 4 rings (SSSR count). The Bertz CT molecular complexity index is 1300. The van der Waals surface area contributed by atoms with Crippen LogP contribution in [0.3, 0.4) is 0 Å². The molecule has 1 fully saturated rings. The van der Waals surface area contributed by atoms with Gasteiger partial charge in [-0.2, -0.15) is 0 Å². The van der Waals surface area contributed by atoms with Gasteiger partial charge in [-0.3, -0.25) is 19.7 Å². The summed E-state index contributed by atoms with van der Waals surface area (Å²) < 4.78 is 15.0. The summed E-state index contributed by atoms with van der Waals surface area (Å²) in [6, 6.07) is 7.57. The number of aromatic nitrogens is 1. The average Bonchev–Trinajstić information content (AvgIpc) is 3.51. The molecule has 0 aliphatic heterocycles. The molecule has 3 amide bonds. The van der Waals surface area contributed by atoms with Gasteiger partial charge in [0.2, 0.25) is 0 Å². The van der Waals surface area contributed by atoms with Crippen LogP contribution >= 0.6 is 11.3 Å². The van der Waals surface area contributed by atoms with E-state index in [1.54, 1.807) is 36.7 Å². The molecule has 3 N–H and O–H groups in total. The first-order chi connectivity index (χ1) is 17.1. The fourth-order valence-corrected chi connectivity index (χ4v) is 4.12. The van der Waals surface area contributed by atoms with Crippen molar-refractivity contribution in [3.63, 3.8) is 0 Å². The lowest BCUT2D eigenvalue weighted by atomic mass is 9.91. The van der Waals surface area contributed by atoms with Gasteiger partial charge in [-0.1, -0.05) is 19.9 Å². The van der Waals surface area contributed by atoms with Crippen molar-refractivity contribution in [2.24, 2.45) is 5.92 Å². The highest BCUT2D eigenvalue weighted by Gasteiger charge is 2.26. The van der Waals surface area contributed by atoms with Gasteiger partial charge < -0.3 is 10.6 Å². The topological polar surface area (TPSA) is 100 Å². The fraction of sp³-hybridized carbons (Fsp3) is 0.333. The van der Waals surface area contributed by atoms with Gasteiger partial charge in [0.05, 0.1) is 0 Å². The van der Waals surface area contributed by atoms with Gasteiger partial charge in [-0.05, 0) is 73.6 Å². The van der Waals surface area contributed by atoms with Gasteiger partial charge in [-0.25, -0.2) is 9.37 Å². The van der Waals surface area contributed by atoms with Crippen LogP contribution in [0, 0.1) is 18.7 Å². The first-order valence-corrected chi connectivity index (χ1v) is 12.8. The Hall–Kier alpha value is -3.59. The van der Waals surface area contributed by atoms with E-state index in [9.17, 15) is 18.8 Å². The number of benzene rings is 2. The third-order valence-electron chi connectivity index (χ3n) is 6.35. The van der Waals surface area contributed by atoms with Crippen molar-refractivity contribution in [3.05, 3.63) is 70.0 Å². The van der Waals surface area contributed by atoms with Crippen LogP contribution < -0.4 is 16.0 Å². The van der Waals surface area contributed by atoms with E-state index in [-0.39, 0.29) is 40.9 Å². The monoisotopic (exact) mass is 508 g/mol. The minimum Gasteiger partial charge on any atom is -0.349 e. The smallest absolute Gasteiger partial charge is 0.258 e. The lowest BCUT2D eigenvalue weighted by Crippen LogP contribution is -2.36. The average molecular weight is 509 g/mol. The summed E-state index contributed by atoms with van der Waals surface area (Å²) in [6.07, 6.45) is 3.39. The molecule has 0 saturated heterocycles. The Balaban J connectivity index is 1.77. The number of halogens is 1. The summed E-state index contributed by atoms with van der Waals surface area (Å²) in [5, 5.41) is 10.7. The lowest BCUT2D eigenvalue weighted by molar-refractivity contribution is 0.0927. The Morgan fingerprint density at radius 2 is 1.75 bits per heavy atom. The first-order valence-electron chi connectivity index (χ1n) is 11.9. The quantitative estimate of drug-likeness (QED) is 0.391. The molecule has 1 heterocycles. The van der Waals surface area contributed by atoms with Gasteiger partial charge in [0.1, 0.15) is 5.82 Å². The number of hydrogen-bond acceptors (Lipinski definition) is 5. The predicted molar refractivity (Wildman–Crippen MR) is 139 cm³/mol. The van der Waals surface area contributed by atoms with E-state index in [0.29, 0.717) is 27.4 Å². The number of rotatable bonds is 8. The van der Waals surface area contributed by atoms with Crippen LogP contribution in [0.25, 0.3) is 11.1 Å². The highest BCUT2D eigenvalue weighted by Crippen LogP contribution is 2.32. The van der Waals surface area contributed by atoms with Crippen molar-refractivity contribution in [2.45, 2.75) is 52.6 Å². The molecule has 7 nitrogen and oxygen atoms in total. The summed E-state index contributed by atoms with van der Waals surface area (Å²) in [4.78, 5) is 43.0. The van der Waals surface area contributed by atoms with Crippen LogP contribution in [-0.2, 0) is 0 Å². The SMILES string of the molecule is Cc1c(F)cc(C(=O)NC2CC2)cc1-c1ccc(C(=O)N[C@H](C)C(C)C)cc1C(=O)Nc1nccs1. The van der Waals surface area contributed by atoms with E-state index in [0.717, 1.165) is 12.8 Å². The molecule has 1 aliphatic rings. The third kappa shape index (κ3) is 5.79. The molecule has 1 aliphatic carbocycles. The number of carbonyl (C=O) groups is 3. The van der Waals surface area contributed by atoms with Crippen LogP contribution in [-0.4, -0.2) is 34.8 Å². The van der Waals surface area contributed by atoms with E-state index in [1.807, 2.05) is 20.8 Å². The van der Waals surface area contributed by atoms with Crippen LogP contribution in [0.2, 0.25) is 0 Å². The van der Waals surface area contributed by atoms with Crippen molar-refractivity contribution < 1.29 is 18.8 Å². The van der Waals surface area contributed by atoms with Gasteiger partial charge in [0, 0.05) is 40.4 Å². The van der Waals surface area contributed by atoms with Gasteiger partial charge in [0.25, 0.3) is 17.7 Å². The summed E-state index contributed by atoms with van der Waals surface area (Å²) in [5.41, 5.74) is 1.78. The van der Waals surface area contributed by atoms with Crippen LogP contribution in [0.15, 0.2) is 41.9 Å². The normalized spacial score (nSPS) is 13.8. The molecule has 0 unspecified atom stereocenters. The number of carbonyl (C=O) groups excluding carboxylic acids is 3. The maximum absolute atomic E-state index is 15.0. The molecule has 3 aromatic rings. The van der Waals surface area contributed by atoms with E-state index in [2.05, 4.69) is 20.9 Å². The number of nitrogens with zero attached hydrogens (tertiary/aromatic N) is 1. The summed E-state index contributed by atoms with van der Waals surface area (Å²) >= 11 is 1.26. The van der Waals surface area contributed by atoms with Crippen molar-refractivity contribution in [1.29, 1.82) is 0 Å². The zero-order chi connectivity index (χ0) is 26.0. The zero-order valence-corrected chi connectivity index (χ0v) is 21.5. The summed E-state index contributed by atoms with van der Waals surface area (Å²) in [7, 11) is 0. The van der Waals surface area contributed by atoms with Crippen LogP contribution in [0.5, 0.6) is 0 Å². The van der Waals surface area contributed by atoms with Gasteiger partial charge >= 0.3 is 0 Å². The van der Waals surface area contributed by atoms with E-state index >= 15 is 0 Å². The highest BCUT2D eigenvalue weighted by atomic mass is 32.1. The molecular weight excluding hydrogens is 479 g/mol. The second kappa shape index (κ2) is 10.6. The number of amides is 3. The van der Waals surface area contributed by atoms with Crippen molar-refractivity contribution in [3.8, 4) is 11.1 Å². The lowest BCUT2D eigenvalue weighted by Gasteiger charge is -2.19. The van der Waals surface area contributed by atoms with E-state index in [4.69, 9.17) is 0 Å². The maximum Gasteiger partial charge on any atom is 0.258 e. The maximum atomic E-state index is 15.0. The minimum absolute atomic E-state index is 0.0669. The molecule has 2 aromatic carbocycles. The molecule has 9 heteroatoms. The van der Waals surface area contributed by atoms with Crippen molar-refractivity contribution >= 4 is 34.2 Å². The molecular formula is C27H29FN4O3S. The van der Waals surface area contributed by atoms with E-state index in [1.165, 1.54) is 23.5 Å². The van der Waals surface area contributed by atoms with E-state index < -0.39 is 11.7 Å². The molecule has 188 valence electrons. The van der Waals surface area contributed by atoms with Crippen molar-refractivity contribution in [1.82, 2.24) is 15.6 Å². The Morgan fingerprint density at radius 1 is 1.00 bits per heavy atom. The Kier molecular flexibility index (Phi) is 7.49. The standard InChI is InChI=1S/C27H29FN4O3S/c1-14(2)16(4)30-24(33)17-5-8-20(22(11-17)26(35)32-27-29-9-10-36-27)21-12-18(13-23(28)15(21)3)25(34)31-19-6-7-19/h5,8-14,16,19H,6-7H2,1-4H3,(H,30,33)(H,31,34)(H,29,32,35)/t16-/m1/s1. The zero-order valence-electron chi connectivity index (χ0n) is 20.6. The van der Waals surface area contributed by atoms with Crippen LogP contribution in [0.1, 0.15) is 70.3 Å². The minimum atomic E-state index is -0.549. The van der Waals surface area contributed by atoms with Crippen LogP contribution in [0.4, 0.5) is 9.52 Å². The molecule has 1 atom stereocenters. The summed E-state index contributed by atoms with van der Waals surface area (Å²) in [6.45, 7) is 7.52. The number of anilines is 1. The number of thiazole rings is 1. The predicted octanol–water partition coefficient (Wildman–Crippen LogP) is 5.18. The molecule has 1 saturated carbocycles. The van der Waals surface area contributed by atoms with Crippen molar-refractivity contribution in [2.75, 3.05) is 5.32 Å². The third-order valence-corrected chi connectivity index (χ3v) is 7.04. The summed E-state index contributed by atoms with van der Waals surface area (Å²) in [5.74, 6) is -1.47. The molecule has 0 bridgehead atoms. The second-order valence-corrected chi connectivity index (χ2v) is 10.3. The van der Waals surface area contributed by atoms with Gasteiger partial charge in [-0.15, -0.1) is 11.3 Å². The molecule has 0 spiro atoms. The Morgan fingerprint density at radius 3 is 2.39 bits per heavy atom. The number of nitrogens with one attached hydrogen (secondary N) is 3. The first kappa shape index (κ1) is 25.5. The number of hydrogen-bond donors (Lipinski definition) is 3. The largest absolute Gasteiger partial charge is 0.349 e. The Labute approximate surface area is 213 Å².